The first kappa shape index (κ1) is 16.8. The van der Waals surface area contributed by atoms with Crippen molar-refractivity contribution in [2.75, 3.05) is 6.61 Å². The summed E-state index contributed by atoms with van der Waals surface area (Å²) in [4.78, 5) is 24.3. The minimum Gasteiger partial charge on any atom is -0.493 e. The number of fused-ring (bicyclic) bond motifs is 2. The zero-order valence-corrected chi connectivity index (χ0v) is 14.5. The van der Waals surface area contributed by atoms with E-state index in [4.69, 9.17) is 4.74 Å². The fraction of sp³-hybridized carbons (Fsp3) is 0.579. The molecule has 1 unspecified atom stereocenters. The molecule has 3 rings (SSSR count). The number of ether oxygens (including phenoxy) is 1. The quantitative estimate of drug-likeness (QED) is 0.787. The Morgan fingerprint density at radius 1 is 1.12 bits per heavy atom. The van der Waals surface area contributed by atoms with Crippen molar-refractivity contribution in [1.82, 2.24) is 10.6 Å². The Morgan fingerprint density at radius 3 is 2.54 bits per heavy atom. The van der Waals surface area contributed by atoms with Crippen LogP contribution in [0.15, 0.2) is 12.1 Å². The number of carbonyl (C=O) groups excluding carboxylic acids is 2. The second kappa shape index (κ2) is 6.83. The van der Waals surface area contributed by atoms with E-state index in [1.807, 2.05) is 0 Å². The van der Waals surface area contributed by atoms with Crippen molar-refractivity contribution in [3.05, 3.63) is 28.8 Å². The van der Waals surface area contributed by atoms with Crippen LogP contribution < -0.4 is 15.4 Å². The average Bonchev–Trinajstić information content (AvgIpc) is 2.85. The maximum Gasteiger partial charge on any atom is 0.322 e. The lowest BCUT2D eigenvalue weighted by atomic mass is 9.81. The second-order valence-corrected chi connectivity index (χ2v) is 6.75. The van der Waals surface area contributed by atoms with Crippen LogP contribution in [0.2, 0.25) is 0 Å². The van der Waals surface area contributed by atoms with Crippen LogP contribution in [-0.2, 0) is 23.2 Å². The van der Waals surface area contributed by atoms with Crippen LogP contribution in [0.4, 0.5) is 4.79 Å². The summed E-state index contributed by atoms with van der Waals surface area (Å²) in [5, 5.41) is 5.26. The van der Waals surface area contributed by atoms with Gasteiger partial charge in [0, 0.05) is 12.0 Å². The van der Waals surface area contributed by atoms with E-state index >= 15 is 0 Å². The average molecular weight is 330 g/mol. The van der Waals surface area contributed by atoms with Crippen molar-refractivity contribution in [2.24, 2.45) is 0 Å². The number of benzene rings is 1. The summed E-state index contributed by atoms with van der Waals surface area (Å²) in [7, 11) is 0. The third-order valence-electron chi connectivity index (χ3n) is 4.97. The van der Waals surface area contributed by atoms with Crippen LogP contribution in [0.25, 0.3) is 0 Å². The van der Waals surface area contributed by atoms with Crippen molar-refractivity contribution in [3.63, 3.8) is 0 Å². The molecule has 24 heavy (non-hydrogen) atoms. The van der Waals surface area contributed by atoms with Crippen molar-refractivity contribution in [1.29, 1.82) is 0 Å². The molecule has 130 valence electrons. The van der Waals surface area contributed by atoms with Gasteiger partial charge in [-0.05, 0) is 42.9 Å². The number of rotatable bonds is 6. The minimum absolute atomic E-state index is 0.258. The third-order valence-corrected chi connectivity index (χ3v) is 4.97. The van der Waals surface area contributed by atoms with Gasteiger partial charge in [-0.3, -0.25) is 10.1 Å². The monoisotopic (exact) mass is 330 g/mol. The van der Waals surface area contributed by atoms with Crippen LogP contribution in [0, 0.1) is 0 Å². The molecule has 1 saturated heterocycles. The van der Waals surface area contributed by atoms with Gasteiger partial charge in [0.2, 0.25) is 0 Å². The SMILES string of the molecule is CCCCc1cc(CCCC)c2c(c1)C1(CCO2)NC(=O)NC1=O. The number of urea groups is 1. The molecule has 0 aliphatic carbocycles. The lowest BCUT2D eigenvalue weighted by Gasteiger charge is -2.34. The van der Waals surface area contributed by atoms with Crippen LogP contribution in [0.3, 0.4) is 0 Å². The summed E-state index contributed by atoms with van der Waals surface area (Å²) in [5.74, 6) is 0.540. The molecule has 2 aliphatic heterocycles. The number of hydrogen-bond acceptors (Lipinski definition) is 3. The molecule has 5 heteroatoms. The number of amides is 3. The predicted molar refractivity (Wildman–Crippen MR) is 92.1 cm³/mol. The first-order valence-electron chi connectivity index (χ1n) is 9.03. The van der Waals surface area contributed by atoms with Gasteiger partial charge in [0.05, 0.1) is 6.61 Å². The number of unbranched alkanes of at least 4 members (excludes halogenated alkanes) is 2. The van der Waals surface area contributed by atoms with Gasteiger partial charge in [-0.15, -0.1) is 0 Å². The Labute approximate surface area is 143 Å². The lowest BCUT2D eigenvalue weighted by molar-refractivity contribution is -0.125. The zero-order valence-electron chi connectivity index (χ0n) is 14.5. The molecule has 2 N–H and O–H groups in total. The normalized spacial score (nSPS) is 22.1. The van der Waals surface area contributed by atoms with Gasteiger partial charge >= 0.3 is 6.03 Å². The Morgan fingerprint density at radius 2 is 1.88 bits per heavy atom. The number of carbonyl (C=O) groups is 2. The largest absolute Gasteiger partial charge is 0.493 e. The molecule has 2 heterocycles. The highest BCUT2D eigenvalue weighted by atomic mass is 16.5. The summed E-state index contributed by atoms with van der Waals surface area (Å²) >= 11 is 0. The van der Waals surface area contributed by atoms with E-state index in [1.54, 1.807) is 0 Å². The molecule has 1 aromatic carbocycles. The molecule has 0 aromatic heterocycles. The van der Waals surface area contributed by atoms with Crippen LogP contribution in [-0.4, -0.2) is 18.5 Å². The summed E-state index contributed by atoms with van der Waals surface area (Å²) < 4.78 is 5.95. The van der Waals surface area contributed by atoms with Gasteiger partial charge in [-0.2, -0.15) is 0 Å². The fourth-order valence-electron chi connectivity index (χ4n) is 3.62. The van der Waals surface area contributed by atoms with Gasteiger partial charge in [0.25, 0.3) is 5.91 Å². The highest BCUT2D eigenvalue weighted by Crippen LogP contribution is 2.42. The predicted octanol–water partition coefficient (Wildman–Crippen LogP) is 3.19. The number of imide groups is 1. The Balaban J connectivity index is 2.08. The second-order valence-electron chi connectivity index (χ2n) is 6.75. The van der Waals surface area contributed by atoms with E-state index in [0.717, 1.165) is 55.4 Å². The van der Waals surface area contributed by atoms with E-state index < -0.39 is 11.6 Å². The molecule has 0 bridgehead atoms. The molecule has 1 spiro atoms. The van der Waals surface area contributed by atoms with Crippen molar-refractivity contribution in [3.8, 4) is 5.75 Å². The highest BCUT2D eigenvalue weighted by molar-refractivity contribution is 6.08. The Hall–Kier alpha value is -2.04. The first-order valence-corrected chi connectivity index (χ1v) is 9.03. The molecular weight excluding hydrogens is 304 g/mol. The maximum absolute atomic E-state index is 12.5. The van der Waals surface area contributed by atoms with Crippen molar-refractivity contribution < 1.29 is 14.3 Å². The van der Waals surface area contributed by atoms with E-state index in [-0.39, 0.29) is 5.91 Å². The molecule has 2 aliphatic rings. The molecule has 3 amide bonds. The van der Waals surface area contributed by atoms with Crippen molar-refractivity contribution in [2.45, 2.75) is 64.3 Å². The molecule has 0 radical (unpaired) electrons. The van der Waals surface area contributed by atoms with Crippen LogP contribution in [0.5, 0.6) is 5.75 Å². The van der Waals surface area contributed by atoms with Gasteiger partial charge in [0.1, 0.15) is 5.75 Å². The molecule has 0 saturated carbocycles. The van der Waals surface area contributed by atoms with Crippen LogP contribution in [0.1, 0.15) is 62.6 Å². The van der Waals surface area contributed by atoms with Crippen molar-refractivity contribution >= 4 is 11.9 Å². The van der Waals surface area contributed by atoms with E-state index in [0.29, 0.717) is 13.0 Å². The molecular formula is C19H26N2O3. The van der Waals surface area contributed by atoms with Crippen LogP contribution >= 0.6 is 0 Å². The zero-order chi connectivity index (χ0) is 17.2. The fourth-order valence-corrected chi connectivity index (χ4v) is 3.62. The maximum atomic E-state index is 12.5. The number of hydrogen-bond donors (Lipinski definition) is 2. The van der Waals surface area contributed by atoms with E-state index in [2.05, 4.69) is 36.6 Å². The van der Waals surface area contributed by atoms with E-state index in [9.17, 15) is 9.59 Å². The van der Waals surface area contributed by atoms with Gasteiger partial charge in [-0.1, -0.05) is 32.8 Å². The van der Waals surface area contributed by atoms with Gasteiger partial charge < -0.3 is 10.1 Å². The summed E-state index contributed by atoms with van der Waals surface area (Å²) in [5.41, 5.74) is 2.25. The minimum atomic E-state index is -0.964. The van der Waals surface area contributed by atoms with Gasteiger partial charge in [0.15, 0.2) is 5.54 Å². The lowest BCUT2D eigenvalue weighted by Crippen LogP contribution is -2.47. The summed E-state index contributed by atoms with van der Waals surface area (Å²) in [6.07, 6.45) is 6.81. The highest BCUT2D eigenvalue weighted by Gasteiger charge is 2.51. The number of nitrogens with one attached hydrogen (secondary N) is 2. The van der Waals surface area contributed by atoms with E-state index in [1.165, 1.54) is 5.56 Å². The number of aryl methyl sites for hydroxylation is 2. The smallest absolute Gasteiger partial charge is 0.322 e. The molecule has 5 nitrogen and oxygen atoms in total. The third kappa shape index (κ3) is 2.87. The van der Waals surface area contributed by atoms with Gasteiger partial charge in [-0.25, -0.2) is 4.79 Å². The Bertz CT molecular complexity index is 656. The first-order chi connectivity index (χ1) is 11.6. The molecule has 1 atom stereocenters. The molecule has 1 fully saturated rings. The summed E-state index contributed by atoms with van der Waals surface area (Å²) in [6.45, 7) is 4.78. The standard InChI is InChI=1S/C19H26N2O3/c1-3-5-7-13-11-14(8-6-4-2)16-15(12-13)19(9-10-24-16)17(22)20-18(23)21-19/h11-12H,3-10H2,1-2H3,(H2,20,21,22,23). The molecule has 1 aromatic rings. The Kier molecular flexibility index (Phi) is 4.78. The summed E-state index contributed by atoms with van der Waals surface area (Å²) in [6, 6.07) is 3.87. The topological polar surface area (TPSA) is 67.4 Å².